The Hall–Kier alpha value is -1.71. The standard InChI is InChI=1S/C12H21N3O6/c1-4(16)13-7-10(19)8(14-5(2)17)12(21)9(11(7)20)15-6(3)18/h7-12,19-21H,1-3H3,(H,13,16)(H,14,17)(H,15,18). The number of aliphatic hydroxyl groups excluding tert-OH is 3. The SMILES string of the molecule is CC(=O)NC1C(O)C(NC(C)=O)C(O)C(NC(C)=O)C1O. The van der Waals surface area contributed by atoms with Gasteiger partial charge in [-0.25, -0.2) is 0 Å². The Balaban J connectivity index is 3.06. The zero-order valence-electron chi connectivity index (χ0n) is 12.0. The maximum Gasteiger partial charge on any atom is 0.217 e. The third kappa shape index (κ3) is 4.13. The van der Waals surface area contributed by atoms with Crippen molar-refractivity contribution in [2.45, 2.75) is 57.2 Å². The van der Waals surface area contributed by atoms with E-state index in [-0.39, 0.29) is 0 Å². The molecule has 120 valence electrons. The van der Waals surface area contributed by atoms with Crippen LogP contribution in [0.5, 0.6) is 0 Å². The molecular weight excluding hydrogens is 282 g/mol. The molecule has 0 heterocycles. The van der Waals surface area contributed by atoms with Crippen LogP contribution in [0.3, 0.4) is 0 Å². The average molecular weight is 303 g/mol. The highest BCUT2D eigenvalue weighted by atomic mass is 16.3. The Bertz CT molecular complexity index is 355. The first kappa shape index (κ1) is 17.3. The molecule has 0 aromatic carbocycles. The predicted molar refractivity (Wildman–Crippen MR) is 70.8 cm³/mol. The van der Waals surface area contributed by atoms with Crippen LogP contribution in [0.1, 0.15) is 20.8 Å². The van der Waals surface area contributed by atoms with Crippen LogP contribution in [-0.2, 0) is 14.4 Å². The summed E-state index contributed by atoms with van der Waals surface area (Å²) < 4.78 is 0. The zero-order valence-corrected chi connectivity index (χ0v) is 12.0. The van der Waals surface area contributed by atoms with Crippen molar-refractivity contribution in [1.29, 1.82) is 0 Å². The molecular formula is C12H21N3O6. The van der Waals surface area contributed by atoms with Gasteiger partial charge in [0.2, 0.25) is 17.7 Å². The van der Waals surface area contributed by atoms with Crippen molar-refractivity contribution in [3.05, 3.63) is 0 Å². The molecule has 0 radical (unpaired) electrons. The van der Waals surface area contributed by atoms with Crippen LogP contribution in [0.15, 0.2) is 0 Å². The maximum atomic E-state index is 11.2. The molecule has 0 bridgehead atoms. The fourth-order valence-electron chi connectivity index (χ4n) is 2.49. The van der Waals surface area contributed by atoms with Crippen molar-refractivity contribution >= 4 is 17.7 Å². The van der Waals surface area contributed by atoms with Crippen LogP contribution < -0.4 is 16.0 Å². The Labute approximate surface area is 121 Å². The monoisotopic (exact) mass is 303 g/mol. The number of hydrogen-bond donors (Lipinski definition) is 6. The first-order valence-electron chi connectivity index (χ1n) is 6.50. The maximum absolute atomic E-state index is 11.2. The predicted octanol–water partition coefficient (Wildman–Crippen LogP) is -3.40. The molecule has 0 spiro atoms. The van der Waals surface area contributed by atoms with Gasteiger partial charge in [-0.1, -0.05) is 0 Å². The summed E-state index contributed by atoms with van der Waals surface area (Å²) in [5, 5.41) is 37.5. The minimum Gasteiger partial charge on any atom is -0.389 e. The molecule has 9 heteroatoms. The number of amides is 3. The minimum absolute atomic E-state index is 0.502. The molecule has 1 aliphatic rings. The van der Waals surface area contributed by atoms with Crippen LogP contribution in [0.2, 0.25) is 0 Å². The minimum atomic E-state index is -1.41. The molecule has 1 fully saturated rings. The van der Waals surface area contributed by atoms with Gasteiger partial charge in [-0.2, -0.15) is 0 Å². The average Bonchev–Trinajstić information content (AvgIpc) is 2.35. The molecule has 1 saturated carbocycles. The third-order valence-corrected chi connectivity index (χ3v) is 3.32. The molecule has 0 unspecified atom stereocenters. The van der Waals surface area contributed by atoms with E-state index in [1.165, 1.54) is 20.8 Å². The molecule has 1 rings (SSSR count). The van der Waals surface area contributed by atoms with E-state index < -0.39 is 54.2 Å². The van der Waals surface area contributed by atoms with Crippen molar-refractivity contribution in [2.75, 3.05) is 0 Å². The largest absolute Gasteiger partial charge is 0.389 e. The summed E-state index contributed by atoms with van der Waals surface area (Å²) >= 11 is 0. The summed E-state index contributed by atoms with van der Waals surface area (Å²) in [4.78, 5) is 33.5. The lowest BCUT2D eigenvalue weighted by atomic mass is 9.79. The van der Waals surface area contributed by atoms with E-state index in [1.807, 2.05) is 0 Å². The lowest BCUT2D eigenvalue weighted by Gasteiger charge is -2.46. The molecule has 1 aliphatic carbocycles. The van der Waals surface area contributed by atoms with E-state index >= 15 is 0 Å². The lowest BCUT2D eigenvalue weighted by Crippen LogP contribution is -2.74. The Morgan fingerprint density at radius 1 is 0.619 bits per heavy atom. The van der Waals surface area contributed by atoms with Crippen molar-refractivity contribution in [1.82, 2.24) is 16.0 Å². The van der Waals surface area contributed by atoms with Gasteiger partial charge in [0.15, 0.2) is 0 Å². The Morgan fingerprint density at radius 3 is 0.952 bits per heavy atom. The van der Waals surface area contributed by atoms with E-state index in [0.717, 1.165) is 0 Å². The number of nitrogens with one attached hydrogen (secondary N) is 3. The van der Waals surface area contributed by atoms with Crippen LogP contribution >= 0.6 is 0 Å². The van der Waals surface area contributed by atoms with Crippen molar-refractivity contribution < 1.29 is 29.7 Å². The van der Waals surface area contributed by atoms with E-state index in [0.29, 0.717) is 0 Å². The van der Waals surface area contributed by atoms with Gasteiger partial charge in [0.05, 0.1) is 36.4 Å². The van der Waals surface area contributed by atoms with E-state index in [1.54, 1.807) is 0 Å². The normalized spacial score (nSPS) is 35.7. The van der Waals surface area contributed by atoms with Crippen molar-refractivity contribution in [3.63, 3.8) is 0 Å². The van der Waals surface area contributed by atoms with Crippen molar-refractivity contribution in [3.8, 4) is 0 Å². The van der Waals surface area contributed by atoms with E-state index in [2.05, 4.69) is 16.0 Å². The molecule has 0 saturated heterocycles. The molecule has 3 amide bonds. The van der Waals surface area contributed by atoms with Gasteiger partial charge in [0.1, 0.15) is 0 Å². The van der Waals surface area contributed by atoms with Gasteiger partial charge in [-0.15, -0.1) is 0 Å². The molecule has 0 aromatic rings. The Kier molecular flexibility index (Phi) is 5.64. The van der Waals surface area contributed by atoms with Gasteiger partial charge in [-0.3, -0.25) is 14.4 Å². The highest BCUT2D eigenvalue weighted by Gasteiger charge is 2.50. The van der Waals surface area contributed by atoms with Crippen LogP contribution in [0.4, 0.5) is 0 Å². The highest BCUT2D eigenvalue weighted by molar-refractivity contribution is 5.75. The summed E-state index contributed by atoms with van der Waals surface area (Å²) in [6.07, 6.45) is -4.23. The van der Waals surface area contributed by atoms with Gasteiger partial charge in [0, 0.05) is 20.8 Å². The molecule has 0 aliphatic heterocycles. The summed E-state index contributed by atoms with van der Waals surface area (Å²) in [7, 11) is 0. The van der Waals surface area contributed by atoms with Crippen LogP contribution in [0, 0.1) is 0 Å². The summed E-state index contributed by atoms with van der Waals surface area (Å²) in [6, 6.07) is -3.42. The second-order valence-corrected chi connectivity index (χ2v) is 5.15. The molecule has 9 nitrogen and oxygen atoms in total. The number of hydrogen-bond acceptors (Lipinski definition) is 6. The fraction of sp³-hybridized carbons (Fsp3) is 0.750. The van der Waals surface area contributed by atoms with Gasteiger partial charge < -0.3 is 31.3 Å². The zero-order chi connectivity index (χ0) is 16.3. The van der Waals surface area contributed by atoms with Gasteiger partial charge in [-0.05, 0) is 0 Å². The summed E-state index contributed by atoms with van der Waals surface area (Å²) in [6.45, 7) is 3.60. The van der Waals surface area contributed by atoms with E-state index in [9.17, 15) is 29.7 Å². The third-order valence-electron chi connectivity index (χ3n) is 3.32. The second-order valence-electron chi connectivity index (χ2n) is 5.15. The first-order valence-corrected chi connectivity index (χ1v) is 6.50. The number of rotatable bonds is 3. The number of aliphatic hydroxyl groups is 3. The topological polar surface area (TPSA) is 148 Å². The number of carbonyl (C=O) groups is 3. The van der Waals surface area contributed by atoms with Gasteiger partial charge >= 0.3 is 0 Å². The number of carbonyl (C=O) groups excluding carboxylic acids is 3. The quantitative estimate of drug-likeness (QED) is 0.320. The first-order chi connectivity index (χ1) is 9.65. The molecule has 0 aromatic heterocycles. The smallest absolute Gasteiger partial charge is 0.217 e. The fourth-order valence-corrected chi connectivity index (χ4v) is 2.49. The lowest BCUT2D eigenvalue weighted by molar-refractivity contribution is -0.138. The molecule has 0 atom stereocenters. The van der Waals surface area contributed by atoms with Gasteiger partial charge in [0.25, 0.3) is 0 Å². The van der Waals surface area contributed by atoms with E-state index in [4.69, 9.17) is 0 Å². The van der Waals surface area contributed by atoms with Crippen molar-refractivity contribution in [2.24, 2.45) is 0 Å². The molecule has 21 heavy (non-hydrogen) atoms. The highest BCUT2D eigenvalue weighted by Crippen LogP contribution is 2.22. The Morgan fingerprint density at radius 2 is 0.810 bits per heavy atom. The summed E-state index contributed by atoms with van der Waals surface area (Å²) in [5.74, 6) is -1.51. The van der Waals surface area contributed by atoms with Crippen LogP contribution in [0.25, 0.3) is 0 Å². The summed E-state index contributed by atoms with van der Waals surface area (Å²) in [5.41, 5.74) is 0. The second kappa shape index (κ2) is 6.83. The molecule has 6 N–H and O–H groups in total. The van der Waals surface area contributed by atoms with Crippen LogP contribution in [-0.4, -0.2) is 69.5 Å².